The van der Waals surface area contributed by atoms with E-state index in [1.165, 1.54) is 5.01 Å². The molecular weight excluding hydrogens is 306 g/mol. The van der Waals surface area contributed by atoms with E-state index in [9.17, 15) is 9.59 Å². The lowest BCUT2D eigenvalue weighted by molar-refractivity contribution is -0.130. The van der Waals surface area contributed by atoms with Gasteiger partial charge in [-0.25, -0.2) is 9.99 Å². The van der Waals surface area contributed by atoms with E-state index < -0.39 is 0 Å². The molecule has 1 aliphatic rings. The Kier molecular flexibility index (Phi) is 4.41. The molecule has 2 heterocycles. The predicted molar refractivity (Wildman–Crippen MR) is 89.1 cm³/mol. The number of aromatic nitrogens is 2. The number of carbonyl (C=O) groups excluding carboxylic acids is 2. The highest BCUT2D eigenvalue weighted by Crippen LogP contribution is 2.20. The SMILES string of the molecule is CN1N=C(C(=O)N[C@@H](c2ccccc2)c2nccn2C)CCC1=O. The van der Waals surface area contributed by atoms with Gasteiger partial charge >= 0.3 is 0 Å². The average Bonchev–Trinajstić information content (AvgIpc) is 3.01. The summed E-state index contributed by atoms with van der Waals surface area (Å²) in [5.74, 6) is 0.358. The number of carbonyl (C=O) groups is 2. The quantitative estimate of drug-likeness (QED) is 0.918. The maximum Gasteiger partial charge on any atom is 0.268 e. The van der Waals surface area contributed by atoms with Gasteiger partial charge in [-0.1, -0.05) is 30.3 Å². The average molecular weight is 325 g/mol. The van der Waals surface area contributed by atoms with Crippen molar-refractivity contribution >= 4 is 17.5 Å². The summed E-state index contributed by atoms with van der Waals surface area (Å²) in [4.78, 5) is 28.5. The first-order chi connectivity index (χ1) is 11.6. The van der Waals surface area contributed by atoms with Crippen LogP contribution in [0.3, 0.4) is 0 Å². The summed E-state index contributed by atoms with van der Waals surface area (Å²) in [6.07, 6.45) is 4.17. The van der Waals surface area contributed by atoms with E-state index in [0.29, 0.717) is 18.6 Å². The number of rotatable bonds is 4. The van der Waals surface area contributed by atoms with Crippen molar-refractivity contribution in [3.8, 4) is 0 Å². The molecule has 1 aromatic carbocycles. The Labute approximate surface area is 140 Å². The van der Waals surface area contributed by atoms with Crippen molar-refractivity contribution < 1.29 is 9.59 Å². The van der Waals surface area contributed by atoms with Crippen molar-refractivity contribution in [1.82, 2.24) is 19.9 Å². The summed E-state index contributed by atoms with van der Waals surface area (Å²) in [7, 11) is 3.44. The summed E-state index contributed by atoms with van der Waals surface area (Å²) in [5.41, 5.74) is 1.29. The molecule has 0 unspecified atom stereocenters. The maximum absolute atomic E-state index is 12.6. The fraction of sp³-hybridized carbons (Fsp3) is 0.294. The number of hydrogen-bond donors (Lipinski definition) is 1. The molecule has 0 spiro atoms. The number of imidazole rings is 1. The fourth-order valence-electron chi connectivity index (χ4n) is 2.65. The number of amides is 2. The van der Waals surface area contributed by atoms with E-state index in [0.717, 1.165) is 11.4 Å². The van der Waals surface area contributed by atoms with E-state index in [2.05, 4.69) is 15.4 Å². The third-order valence-electron chi connectivity index (χ3n) is 3.99. The molecule has 3 rings (SSSR count). The van der Waals surface area contributed by atoms with Crippen LogP contribution in [0.1, 0.15) is 30.3 Å². The number of nitrogens with one attached hydrogen (secondary N) is 1. The monoisotopic (exact) mass is 325 g/mol. The minimum atomic E-state index is -0.385. The van der Waals surface area contributed by atoms with Gasteiger partial charge in [0.05, 0.1) is 0 Å². The van der Waals surface area contributed by atoms with Crippen molar-refractivity contribution in [3.63, 3.8) is 0 Å². The summed E-state index contributed by atoms with van der Waals surface area (Å²) in [6, 6.07) is 9.26. The van der Waals surface area contributed by atoms with E-state index in [4.69, 9.17) is 0 Å². The van der Waals surface area contributed by atoms with Crippen molar-refractivity contribution in [3.05, 3.63) is 54.1 Å². The molecule has 24 heavy (non-hydrogen) atoms. The van der Waals surface area contributed by atoms with Crippen LogP contribution in [0.15, 0.2) is 47.8 Å². The number of nitrogens with zero attached hydrogens (tertiary/aromatic N) is 4. The van der Waals surface area contributed by atoms with Crippen LogP contribution in [-0.4, -0.2) is 39.1 Å². The molecule has 1 aromatic heterocycles. The van der Waals surface area contributed by atoms with Gasteiger partial charge in [-0.3, -0.25) is 9.59 Å². The van der Waals surface area contributed by atoms with Crippen LogP contribution in [0.4, 0.5) is 0 Å². The van der Waals surface area contributed by atoms with Gasteiger partial charge in [-0.2, -0.15) is 5.10 Å². The van der Waals surface area contributed by atoms with Crippen LogP contribution in [0.25, 0.3) is 0 Å². The molecule has 0 fully saturated rings. The smallest absolute Gasteiger partial charge is 0.268 e. The lowest BCUT2D eigenvalue weighted by Crippen LogP contribution is -2.40. The van der Waals surface area contributed by atoms with E-state index >= 15 is 0 Å². The van der Waals surface area contributed by atoms with Crippen molar-refractivity contribution in [1.29, 1.82) is 0 Å². The minimum absolute atomic E-state index is 0.0877. The number of aryl methyl sites for hydroxylation is 1. The molecule has 7 nitrogen and oxygen atoms in total. The van der Waals surface area contributed by atoms with E-state index in [-0.39, 0.29) is 17.9 Å². The Bertz CT molecular complexity index is 781. The Hall–Kier alpha value is -2.96. The van der Waals surface area contributed by atoms with Crippen molar-refractivity contribution in [2.75, 3.05) is 7.05 Å². The Morgan fingerprint density at radius 2 is 1.96 bits per heavy atom. The van der Waals surface area contributed by atoms with Gasteiger partial charge in [0.1, 0.15) is 17.6 Å². The van der Waals surface area contributed by atoms with Gasteiger partial charge in [-0.15, -0.1) is 0 Å². The number of benzene rings is 1. The van der Waals surface area contributed by atoms with Crippen LogP contribution in [0.5, 0.6) is 0 Å². The van der Waals surface area contributed by atoms with Gasteiger partial charge in [-0.05, 0) is 5.56 Å². The summed E-state index contributed by atoms with van der Waals surface area (Å²) >= 11 is 0. The van der Waals surface area contributed by atoms with Gasteiger partial charge in [0.2, 0.25) is 5.91 Å². The highest BCUT2D eigenvalue weighted by atomic mass is 16.2. The highest BCUT2D eigenvalue weighted by molar-refractivity contribution is 6.39. The predicted octanol–water partition coefficient (Wildman–Crippen LogP) is 1.23. The topological polar surface area (TPSA) is 79.6 Å². The van der Waals surface area contributed by atoms with Crippen LogP contribution in [0, 0.1) is 0 Å². The first-order valence-electron chi connectivity index (χ1n) is 7.73. The fourth-order valence-corrected chi connectivity index (χ4v) is 2.65. The molecule has 0 radical (unpaired) electrons. The van der Waals surface area contributed by atoms with Crippen LogP contribution in [0.2, 0.25) is 0 Å². The molecule has 0 saturated carbocycles. The number of hydrogen-bond acceptors (Lipinski definition) is 4. The molecule has 7 heteroatoms. The van der Waals surface area contributed by atoms with Gasteiger partial charge < -0.3 is 9.88 Å². The molecule has 1 aliphatic heterocycles. The van der Waals surface area contributed by atoms with Crippen LogP contribution >= 0.6 is 0 Å². The molecule has 1 N–H and O–H groups in total. The van der Waals surface area contributed by atoms with Gasteiger partial charge in [0.15, 0.2) is 0 Å². The second-order valence-corrected chi connectivity index (χ2v) is 5.68. The zero-order chi connectivity index (χ0) is 17.1. The maximum atomic E-state index is 12.6. The normalized spacial score (nSPS) is 15.8. The second-order valence-electron chi connectivity index (χ2n) is 5.68. The Balaban J connectivity index is 1.88. The lowest BCUT2D eigenvalue weighted by atomic mass is 10.0. The number of hydrazone groups is 1. The molecule has 124 valence electrons. The minimum Gasteiger partial charge on any atom is -0.337 e. The third-order valence-corrected chi connectivity index (χ3v) is 3.99. The summed E-state index contributed by atoms with van der Waals surface area (Å²) < 4.78 is 1.87. The van der Waals surface area contributed by atoms with Gasteiger partial charge in [0.25, 0.3) is 5.91 Å². The molecule has 2 aromatic rings. The zero-order valence-corrected chi connectivity index (χ0v) is 13.6. The van der Waals surface area contributed by atoms with Crippen molar-refractivity contribution in [2.45, 2.75) is 18.9 Å². The molecule has 0 aliphatic carbocycles. The zero-order valence-electron chi connectivity index (χ0n) is 13.6. The van der Waals surface area contributed by atoms with Crippen molar-refractivity contribution in [2.24, 2.45) is 12.1 Å². The van der Waals surface area contributed by atoms with E-state index in [1.807, 2.05) is 48.1 Å². The van der Waals surface area contributed by atoms with Gasteiger partial charge in [0, 0.05) is 39.3 Å². The molecule has 1 atom stereocenters. The third kappa shape index (κ3) is 3.19. The van der Waals surface area contributed by atoms with Crippen LogP contribution in [-0.2, 0) is 16.6 Å². The Morgan fingerprint density at radius 3 is 2.58 bits per heavy atom. The highest BCUT2D eigenvalue weighted by Gasteiger charge is 2.26. The summed E-state index contributed by atoms with van der Waals surface area (Å²) in [5, 5.41) is 8.28. The lowest BCUT2D eigenvalue weighted by Gasteiger charge is -2.22. The molecule has 2 amide bonds. The van der Waals surface area contributed by atoms with E-state index in [1.54, 1.807) is 13.2 Å². The first kappa shape index (κ1) is 15.9. The molecule has 0 bridgehead atoms. The Morgan fingerprint density at radius 1 is 1.21 bits per heavy atom. The first-order valence-corrected chi connectivity index (χ1v) is 7.73. The standard InChI is InChI=1S/C17H19N5O2/c1-21-11-10-18-16(21)15(12-6-4-3-5-7-12)19-17(24)13-8-9-14(23)22(2)20-13/h3-7,10-11,15H,8-9H2,1-2H3,(H,19,24)/t15-/m0/s1. The second kappa shape index (κ2) is 6.66. The van der Waals surface area contributed by atoms with Crippen LogP contribution < -0.4 is 5.32 Å². The largest absolute Gasteiger partial charge is 0.337 e. The summed E-state index contributed by atoms with van der Waals surface area (Å²) in [6.45, 7) is 0. The molecule has 0 saturated heterocycles. The molecular formula is C17H19N5O2.